The highest BCUT2D eigenvalue weighted by atomic mass is 16.5. The highest BCUT2D eigenvalue weighted by molar-refractivity contribution is 5.75. The van der Waals surface area contributed by atoms with E-state index in [1.54, 1.807) is 24.5 Å². The van der Waals surface area contributed by atoms with Crippen LogP contribution in [0, 0.1) is 0 Å². The predicted molar refractivity (Wildman–Crippen MR) is 49.0 cm³/mol. The predicted octanol–water partition coefficient (Wildman–Crippen LogP) is 0.998. The van der Waals surface area contributed by atoms with E-state index in [0.29, 0.717) is 11.3 Å². The van der Waals surface area contributed by atoms with Gasteiger partial charge in [-0.25, -0.2) is 0 Å². The number of rotatable bonds is 5. The molecule has 0 unspecified atom stereocenters. The molecule has 0 saturated heterocycles. The Bertz CT molecular complexity index is 333. The Morgan fingerprint density at radius 3 is 2.93 bits per heavy atom. The molecule has 0 aliphatic heterocycles. The second-order valence-electron chi connectivity index (χ2n) is 2.62. The first-order valence-corrected chi connectivity index (χ1v) is 4.05. The molecule has 0 aromatic heterocycles. The molecule has 1 N–H and O–H groups in total. The summed E-state index contributed by atoms with van der Waals surface area (Å²) in [5, 5.41) is 8.35. The van der Waals surface area contributed by atoms with Gasteiger partial charge in [0.2, 0.25) is 6.29 Å². The molecule has 4 heteroatoms. The van der Waals surface area contributed by atoms with E-state index in [9.17, 15) is 9.59 Å². The van der Waals surface area contributed by atoms with Crippen molar-refractivity contribution in [1.82, 2.24) is 0 Å². The molecule has 1 aromatic carbocycles. The molecule has 0 saturated carbocycles. The van der Waals surface area contributed by atoms with Gasteiger partial charge in [-0.1, -0.05) is 12.1 Å². The van der Waals surface area contributed by atoms with E-state index in [-0.39, 0.29) is 13.0 Å². The summed E-state index contributed by atoms with van der Waals surface area (Å²) in [6.45, 7) is 0.0949. The van der Waals surface area contributed by atoms with E-state index in [0.717, 1.165) is 0 Å². The average molecular weight is 193 g/mol. The standard InChI is InChI=1S/C10H9O4/c11-7-8-2-1-3-9(6-8)14-5-4-10(12)13/h1-3,6H,4-5H2,(H,12,13). The molecule has 73 valence electrons. The van der Waals surface area contributed by atoms with Crippen LogP contribution >= 0.6 is 0 Å². The van der Waals surface area contributed by atoms with Crippen molar-refractivity contribution >= 4 is 12.3 Å². The maximum Gasteiger partial charge on any atom is 0.306 e. The van der Waals surface area contributed by atoms with Gasteiger partial charge in [0.1, 0.15) is 5.75 Å². The van der Waals surface area contributed by atoms with Gasteiger partial charge in [0, 0.05) is 5.56 Å². The molecule has 0 amide bonds. The summed E-state index contributed by atoms with van der Waals surface area (Å²) in [5.41, 5.74) is 0.387. The summed E-state index contributed by atoms with van der Waals surface area (Å²) in [6, 6.07) is 6.41. The number of carboxylic acid groups (broad SMARTS) is 1. The monoisotopic (exact) mass is 193 g/mol. The lowest BCUT2D eigenvalue weighted by atomic mass is 10.2. The van der Waals surface area contributed by atoms with E-state index < -0.39 is 5.97 Å². The van der Waals surface area contributed by atoms with Crippen LogP contribution in [0.1, 0.15) is 12.0 Å². The van der Waals surface area contributed by atoms with Crippen LogP contribution in [-0.2, 0) is 9.59 Å². The van der Waals surface area contributed by atoms with Gasteiger partial charge in [0.15, 0.2) is 0 Å². The Morgan fingerprint density at radius 1 is 1.50 bits per heavy atom. The largest absolute Gasteiger partial charge is 0.493 e. The Kier molecular flexibility index (Phi) is 3.67. The maximum absolute atomic E-state index is 10.3. The van der Waals surface area contributed by atoms with E-state index in [1.165, 1.54) is 6.07 Å². The first-order valence-electron chi connectivity index (χ1n) is 4.05. The number of benzene rings is 1. The van der Waals surface area contributed by atoms with Crippen molar-refractivity contribution in [1.29, 1.82) is 0 Å². The zero-order valence-electron chi connectivity index (χ0n) is 7.40. The van der Waals surface area contributed by atoms with Gasteiger partial charge < -0.3 is 9.84 Å². The zero-order chi connectivity index (χ0) is 10.4. The van der Waals surface area contributed by atoms with Crippen molar-refractivity contribution in [3.05, 3.63) is 29.8 Å². The van der Waals surface area contributed by atoms with Crippen molar-refractivity contribution in [2.24, 2.45) is 0 Å². The summed E-state index contributed by atoms with van der Waals surface area (Å²) in [7, 11) is 0. The fraction of sp³-hybridized carbons (Fsp3) is 0.200. The normalized spacial score (nSPS) is 9.43. The number of aliphatic carboxylic acids is 1. The van der Waals surface area contributed by atoms with Crippen LogP contribution in [0.3, 0.4) is 0 Å². The molecule has 0 bridgehead atoms. The average Bonchev–Trinajstić information content (AvgIpc) is 2.18. The third kappa shape index (κ3) is 3.26. The molecular formula is C10H9O4. The van der Waals surface area contributed by atoms with E-state index in [2.05, 4.69) is 0 Å². The van der Waals surface area contributed by atoms with Gasteiger partial charge in [-0.05, 0) is 12.1 Å². The topological polar surface area (TPSA) is 63.6 Å². The first-order chi connectivity index (χ1) is 6.72. The molecule has 4 nitrogen and oxygen atoms in total. The molecule has 1 rings (SSSR count). The molecule has 0 aliphatic rings. The SMILES string of the molecule is O=[C]c1cccc(OCCC(=O)O)c1. The van der Waals surface area contributed by atoms with Crippen LogP contribution in [-0.4, -0.2) is 24.0 Å². The van der Waals surface area contributed by atoms with Crippen molar-refractivity contribution < 1.29 is 19.4 Å². The van der Waals surface area contributed by atoms with Gasteiger partial charge in [-0.2, -0.15) is 0 Å². The number of hydrogen-bond donors (Lipinski definition) is 1. The minimum atomic E-state index is -0.914. The number of carbonyl (C=O) groups excluding carboxylic acids is 1. The Morgan fingerprint density at radius 2 is 2.29 bits per heavy atom. The Balaban J connectivity index is 2.50. The molecule has 1 aromatic rings. The van der Waals surface area contributed by atoms with Gasteiger partial charge in [0.05, 0.1) is 13.0 Å². The van der Waals surface area contributed by atoms with Crippen molar-refractivity contribution in [3.63, 3.8) is 0 Å². The fourth-order valence-electron chi connectivity index (χ4n) is 0.906. The number of carboxylic acids is 1. The van der Waals surface area contributed by atoms with Gasteiger partial charge in [-0.3, -0.25) is 9.59 Å². The zero-order valence-corrected chi connectivity index (χ0v) is 7.40. The molecular weight excluding hydrogens is 184 g/mol. The third-order valence-corrected chi connectivity index (χ3v) is 1.54. The van der Waals surface area contributed by atoms with Crippen LogP contribution in [0.25, 0.3) is 0 Å². The van der Waals surface area contributed by atoms with Crippen LogP contribution in [0.5, 0.6) is 5.75 Å². The van der Waals surface area contributed by atoms with Gasteiger partial charge in [-0.15, -0.1) is 0 Å². The molecule has 0 aliphatic carbocycles. The fourth-order valence-corrected chi connectivity index (χ4v) is 0.906. The summed E-state index contributed by atoms with van der Waals surface area (Å²) >= 11 is 0. The van der Waals surface area contributed by atoms with Crippen LogP contribution < -0.4 is 4.74 Å². The molecule has 14 heavy (non-hydrogen) atoms. The molecule has 1 radical (unpaired) electrons. The molecule has 0 heterocycles. The quantitative estimate of drug-likeness (QED) is 0.757. The third-order valence-electron chi connectivity index (χ3n) is 1.54. The molecule has 0 spiro atoms. The van der Waals surface area contributed by atoms with Crippen molar-refractivity contribution in [2.75, 3.05) is 6.61 Å². The van der Waals surface area contributed by atoms with E-state index in [1.807, 2.05) is 0 Å². The minimum absolute atomic E-state index is 0.0605. The maximum atomic E-state index is 10.3. The molecule has 0 fully saturated rings. The lowest BCUT2D eigenvalue weighted by molar-refractivity contribution is -0.137. The Hall–Kier alpha value is -1.84. The highest BCUT2D eigenvalue weighted by Gasteiger charge is 1.99. The van der Waals surface area contributed by atoms with E-state index in [4.69, 9.17) is 9.84 Å². The van der Waals surface area contributed by atoms with Crippen LogP contribution in [0.4, 0.5) is 0 Å². The first kappa shape index (κ1) is 10.2. The number of hydrogen-bond acceptors (Lipinski definition) is 3. The smallest absolute Gasteiger partial charge is 0.306 e. The molecule has 0 atom stereocenters. The van der Waals surface area contributed by atoms with Crippen LogP contribution in [0.15, 0.2) is 24.3 Å². The lowest BCUT2D eigenvalue weighted by Crippen LogP contribution is -2.04. The summed E-state index contributed by atoms with van der Waals surface area (Å²) < 4.78 is 5.10. The van der Waals surface area contributed by atoms with Crippen molar-refractivity contribution in [3.8, 4) is 5.75 Å². The summed E-state index contributed by atoms with van der Waals surface area (Å²) in [6.07, 6.45) is 1.66. The highest BCUT2D eigenvalue weighted by Crippen LogP contribution is 2.11. The van der Waals surface area contributed by atoms with Crippen LogP contribution in [0.2, 0.25) is 0 Å². The van der Waals surface area contributed by atoms with E-state index >= 15 is 0 Å². The van der Waals surface area contributed by atoms with Gasteiger partial charge in [0.25, 0.3) is 0 Å². The number of carbonyl (C=O) groups is 1. The second-order valence-corrected chi connectivity index (χ2v) is 2.62. The second kappa shape index (κ2) is 5.01. The lowest BCUT2D eigenvalue weighted by Gasteiger charge is -2.03. The summed E-state index contributed by atoms with van der Waals surface area (Å²) in [4.78, 5) is 20.4. The Labute approximate surface area is 81.1 Å². The minimum Gasteiger partial charge on any atom is -0.493 e. The number of ether oxygens (including phenoxy) is 1. The summed E-state index contributed by atoms with van der Waals surface area (Å²) in [5.74, 6) is -0.435. The van der Waals surface area contributed by atoms with Crippen molar-refractivity contribution in [2.45, 2.75) is 6.42 Å². The van der Waals surface area contributed by atoms with Gasteiger partial charge >= 0.3 is 5.97 Å².